The van der Waals surface area contributed by atoms with Gasteiger partial charge in [0.25, 0.3) is 1.43 Å². The van der Waals surface area contributed by atoms with Crippen LogP contribution in [0.25, 0.3) is 1.43 Å². The summed E-state index contributed by atoms with van der Waals surface area (Å²) in [5.41, 5.74) is -5.94. The summed E-state index contributed by atoms with van der Waals surface area (Å²) in [6, 6.07) is -1.09. The van der Waals surface area contributed by atoms with E-state index >= 15 is 0 Å². The second-order valence-electron chi connectivity index (χ2n) is 2.50. The minimum Gasteiger partial charge on any atom is -0.481 e. The molecular formula is C8H11NO4S2. The first-order chi connectivity index (χ1) is 9.53. The lowest BCUT2D eigenvalue weighted by molar-refractivity contribution is -0.133. The van der Waals surface area contributed by atoms with Gasteiger partial charge in [-0.15, -0.1) is 11.8 Å². The Balaban J connectivity index is 2.83. The van der Waals surface area contributed by atoms with Crippen LogP contribution in [0.5, 0.6) is 0 Å². The summed E-state index contributed by atoms with van der Waals surface area (Å²) in [6.07, 6.45) is 0.209. The van der Waals surface area contributed by atoms with Crippen LogP contribution in [0.1, 0.15) is 11.9 Å². The minimum atomic E-state index is -2.98. The number of carbonyl (C=O) groups is 3. The standard InChI is InChI=1S/C8H11NO4S2/c10-6(3-14-4-7(11)12)9-5-1-2-15-8(5)13/h5H,1-4H2,(H,9,10)(H,11,12)/i3D2,4D2/hD2. The van der Waals surface area contributed by atoms with E-state index in [1.807, 2.05) is 0 Å². The summed E-state index contributed by atoms with van der Waals surface area (Å²) in [6.45, 7) is 0. The van der Waals surface area contributed by atoms with Crippen LogP contribution in [-0.2, 0) is 14.4 Å². The zero-order valence-corrected chi connectivity index (χ0v) is 9.02. The SMILES string of the molecule is [2H]OC(=O)C([2H])([2H])SC([2H])([2H])C(=O)N([2H])C1CCSC1=O. The van der Waals surface area contributed by atoms with Crippen molar-refractivity contribution in [3.63, 3.8) is 0 Å². The first-order valence-electron chi connectivity index (χ1n) is 6.75. The van der Waals surface area contributed by atoms with Crippen molar-refractivity contribution >= 4 is 40.5 Å². The molecule has 1 aliphatic rings. The van der Waals surface area contributed by atoms with Crippen molar-refractivity contribution in [2.24, 2.45) is 0 Å². The largest absolute Gasteiger partial charge is 0.481 e. The maximum Gasteiger partial charge on any atom is 0.313 e. The van der Waals surface area contributed by atoms with Crippen LogP contribution in [0, 0.1) is 0 Å². The average Bonchev–Trinajstić information content (AvgIpc) is 2.80. The number of carbonyl (C=O) groups excluding carboxylic acids is 2. The summed E-state index contributed by atoms with van der Waals surface area (Å²) in [7, 11) is 0. The van der Waals surface area contributed by atoms with E-state index in [4.69, 9.17) is 8.33 Å². The fraction of sp³-hybridized carbons (Fsp3) is 0.625. The number of carboxylic acids is 1. The van der Waals surface area contributed by atoms with E-state index in [9.17, 15) is 14.4 Å². The molecule has 15 heavy (non-hydrogen) atoms. The Bertz CT molecular complexity index is 462. The minimum absolute atomic E-state index is 0.178. The molecule has 0 saturated carbocycles. The van der Waals surface area contributed by atoms with Crippen molar-refractivity contribution in [3.8, 4) is 0 Å². The van der Waals surface area contributed by atoms with E-state index in [1.165, 1.54) is 0 Å². The molecule has 0 bridgehead atoms. The van der Waals surface area contributed by atoms with Gasteiger partial charge < -0.3 is 10.4 Å². The third-order valence-corrected chi connectivity index (χ3v) is 3.00. The van der Waals surface area contributed by atoms with Crippen molar-refractivity contribution in [2.45, 2.75) is 12.5 Å². The predicted molar refractivity (Wildman–Crippen MR) is 59.0 cm³/mol. The van der Waals surface area contributed by atoms with Crippen LogP contribution in [0.3, 0.4) is 0 Å². The Hall–Kier alpha value is -0.690. The van der Waals surface area contributed by atoms with E-state index in [-0.39, 0.29) is 23.5 Å². The number of hydrogen-bond acceptors (Lipinski definition) is 6. The number of amides is 1. The molecule has 1 amide bonds. The van der Waals surface area contributed by atoms with Gasteiger partial charge in [-0.2, -0.15) is 0 Å². The van der Waals surface area contributed by atoms with Crippen molar-refractivity contribution < 1.29 is 26.4 Å². The second-order valence-corrected chi connectivity index (χ2v) is 4.21. The lowest BCUT2D eigenvalue weighted by atomic mass is 10.2. The number of rotatable bonds is 5. The lowest BCUT2D eigenvalue weighted by Gasteiger charge is -2.08. The second kappa shape index (κ2) is 6.02. The molecule has 1 saturated heterocycles. The van der Waals surface area contributed by atoms with Gasteiger partial charge in [0.15, 0.2) is 1.41 Å². The fourth-order valence-corrected chi connectivity index (χ4v) is 2.06. The maximum absolute atomic E-state index is 11.9. The van der Waals surface area contributed by atoms with Crippen molar-refractivity contribution in [2.75, 3.05) is 17.2 Å². The first kappa shape index (κ1) is 6.15. The topological polar surface area (TPSA) is 83.5 Å². The molecule has 0 aliphatic carbocycles. The van der Waals surface area contributed by atoms with Gasteiger partial charge in [0.2, 0.25) is 11.0 Å². The van der Waals surface area contributed by atoms with E-state index in [1.54, 1.807) is 0 Å². The van der Waals surface area contributed by atoms with Crippen molar-refractivity contribution in [1.82, 2.24) is 5.31 Å². The molecule has 7 heteroatoms. The van der Waals surface area contributed by atoms with Crippen molar-refractivity contribution in [1.29, 1.82) is 1.43 Å². The summed E-state index contributed by atoms with van der Waals surface area (Å²) in [5.74, 6) is -2.71. The molecule has 1 unspecified atom stereocenters. The number of hydrogen-bond donors (Lipinski definition) is 2. The Labute approximate surface area is 104 Å². The summed E-state index contributed by atoms with van der Waals surface area (Å²) in [5, 5.41) is 3.18. The highest BCUT2D eigenvalue weighted by molar-refractivity contribution is 8.14. The molecule has 1 fully saturated rings. The molecule has 0 spiro atoms. The molecule has 0 radical (unpaired) electrons. The Morgan fingerprint density at radius 3 is 3.20 bits per heavy atom. The Kier molecular flexibility index (Phi) is 2.46. The molecule has 1 atom stereocenters. The van der Waals surface area contributed by atoms with Crippen LogP contribution in [-0.4, -0.2) is 45.3 Å². The highest BCUT2D eigenvalue weighted by Crippen LogP contribution is 2.19. The lowest BCUT2D eigenvalue weighted by Crippen LogP contribution is -2.38. The van der Waals surface area contributed by atoms with Gasteiger partial charge in [0.1, 0.15) is 0 Å². The quantitative estimate of drug-likeness (QED) is 0.717. The predicted octanol–water partition coefficient (Wildman–Crippen LogP) is -0.0475. The van der Waals surface area contributed by atoms with E-state index < -0.39 is 34.4 Å². The Morgan fingerprint density at radius 1 is 1.80 bits per heavy atom. The van der Waals surface area contributed by atoms with E-state index in [0.717, 1.165) is 11.8 Å². The normalized spacial score (nSPS) is 27.7. The maximum atomic E-state index is 11.9. The molecule has 0 aromatic rings. The van der Waals surface area contributed by atoms with Gasteiger partial charge >= 0.3 is 5.97 Å². The Morgan fingerprint density at radius 2 is 2.60 bits per heavy atom. The van der Waals surface area contributed by atoms with Gasteiger partial charge in [-0.1, -0.05) is 11.8 Å². The van der Waals surface area contributed by atoms with Crippen LogP contribution in [0.15, 0.2) is 0 Å². The van der Waals surface area contributed by atoms with Crippen LogP contribution >= 0.6 is 23.5 Å². The van der Waals surface area contributed by atoms with Gasteiger partial charge in [-0.05, 0) is 6.42 Å². The zero-order valence-electron chi connectivity index (χ0n) is 13.4. The van der Waals surface area contributed by atoms with Crippen LogP contribution in [0.2, 0.25) is 1.41 Å². The molecule has 84 valence electrons. The molecular weight excluding hydrogens is 238 g/mol. The van der Waals surface area contributed by atoms with Gasteiger partial charge in [0, 0.05) is 8.49 Å². The molecule has 0 aromatic carbocycles. The smallest absolute Gasteiger partial charge is 0.313 e. The van der Waals surface area contributed by atoms with Crippen LogP contribution < -0.4 is 5.31 Å². The summed E-state index contributed by atoms with van der Waals surface area (Å²) in [4.78, 5) is 34.3. The summed E-state index contributed by atoms with van der Waals surface area (Å²) < 4.78 is 43.4. The van der Waals surface area contributed by atoms with E-state index in [2.05, 4.69) is 5.11 Å². The van der Waals surface area contributed by atoms with Gasteiger partial charge in [-0.25, -0.2) is 0 Å². The molecule has 5 nitrogen and oxygen atoms in total. The highest BCUT2D eigenvalue weighted by atomic mass is 32.2. The number of thioether (sulfide) groups is 2. The molecule has 1 heterocycles. The number of carboxylic acid groups (broad SMARTS) is 1. The van der Waals surface area contributed by atoms with E-state index in [0.29, 0.717) is 5.75 Å². The molecule has 1 rings (SSSR count). The number of nitrogens with one attached hydrogen (secondary N) is 1. The fourth-order valence-electron chi connectivity index (χ4n) is 0.881. The van der Waals surface area contributed by atoms with Crippen LogP contribution in [0.4, 0.5) is 0 Å². The molecule has 0 aromatic heterocycles. The number of aliphatic carboxylic acids is 1. The zero-order chi connectivity index (χ0) is 16.4. The summed E-state index contributed by atoms with van der Waals surface area (Å²) >= 11 is 0.604. The molecule has 1 aliphatic heterocycles. The third-order valence-electron chi connectivity index (χ3n) is 1.45. The monoisotopic (exact) mass is 255 g/mol. The third kappa shape index (κ3) is 4.57. The van der Waals surface area contributed by atoms with Crippen molar-refractivity contribution in [3.05, 3.63) is 0 Å². The van der Waals surface area contributed by atoms with Gasteiger partial charge in [0.05, 0.1) is 20.2 Å². The average molecular weight is 255 g/mol. The molecule has 2 N–H and O–H groups in total. The first-order valence-corrected chi connectivity index (χ1v) is 5.70. The van der Waals surface area contributed by atoms with Gasteiger partial charge in [-0.3, -0.25) is 14.4 Å². The highest BCUT2D eigenvalue weighted by Gasteiger charge is 2.26.